The molecule has 0 aliphatic carbocycles. The number of methoxy groups -OCH3 is 1. The molecular formula is C13H21ClN4O. The van der Waals surface area contributed by atoms with Crippen LogP contribution in [0.4, 0.5) is 0 Å². The lowest BCUT2D eigenvalue weighted by Crippen LogP contribution is -2.43. The van der Waals surface area contributed by atoms with Crippen molar-refractivity contribution in [2.75, 3.05) is 20.3 Å². The van der Waals surface area contributed by atoms with E-state index >= 15 is 0 Å². The van der Waals surface area contributed by atoms with E-state index in [1.807, 2.05) is 19.9 Å². The number of pyridine rings is 1. The van der Waals surface area contributed by atoms with Crippen molar-refractivity contribution in [3.8, 4) is 0 Å². The fourth-order valence-electron chi connectivity index (χ4n) is 1.52. The monoisotopic (exact) mass is 284 g/mol. The minimum absolute atomic E-state index is 0.200. The molecule has 1 aromatic rings. The van der Waals surface area contributed by atoms with Gasteiger partial charge in [0.2, 0.25) is 0 Å². The molecule has 6 heteroatoms. The number of nitrogens with one attached hydrogen (secondary N) is 2. The molecule has 106 valence electrons. The van der Waals surface area contributed by atoms with Gasteiger partial charge in [0.15, 0.2) is 5.96 Å². The van der Waals surface area contributed by atoms with E-state index in [4.69, 9.17) is 16.3 Å². The summed E-state index contributed by atoms with van der Waals surface area (Å²) in [6, 6.07) is 3.88. The molecule has 0 aromatic carbocycles. The first kappa shape index (κ1) is 15.7. The number of guanidine groups is 1. The molecule has 0 saturated carbocycles. The van der Waals surface area contributed by atoms with Crippen molar-refractivity contribution < 1.29 is 4.74 Å². The summed E-state index contributed by atoms with van der Waals surface area (Å²) in [5, 5.41) is 6.95. The quantitative estimate of drug-likeness (QED) is 0.475. The summed E-state index contributed by atoms with van der Waals surface area (Å²) >= 11 is 5.74. The molecule has 0 amide bonds. The molecular weight excluding hydrogens is 264 g/mol. The summed E-state index contributed by atoms with van der Waals surface area (Å²) in [7, 11) is 1.68. The molecule has 1 aromatic heterocycles. The average Bonchev–Trinajstić information content (AvgIpc) is 2.38. The number of hydrogen-bond donors (Lipinski definition) is 2. The van der Waals surface area contributed by atoms with E-state index in [0.717, 1.165) is 18.1 Å². The number of nitrogens with zero attached hydrogens (tertiary/aromatic N) is 2. The van der Waals surface area contributed by atoms with Crippen LogP contribution in [0.2, 0.25) is 5.15 Å². The highest BCUT2D eigenvalue weighted by atomic mass is 35.5. The Morgan fingerprint density at radius 2 is 2.32 bits per heavy atom. The highest BCUT2D eigenvalue weighted by Crippen LogP contribution is 2.06. The topological polar surface area (TPSA) is 58.5 Å². The maximum absolute atomic E-state index is 5.74. The predicted molar refractivity (Wildman–Crippen MR) is 78.5 cm³/mol. The van der Waals surface area contributed by atoms with E-state index in [1.165, 1.54) is 0 Å². The fraction of sp³-hybridized carbons (Fsp3) is 0.538. The van der Waals surface area contributed by atoms with Crippen LogP contribution >= 0.6 is 11.6 Å². The van der Waals surface area contributed by atoms with Crippen molar-refractivity contribution in [3.05, 3.63) is 29.0 Å². The maximum atomic E-state index is 5.74. The normalized spacial score (nSPS) is 13.2. The zero-order valence-corrected chi connectivity index (χ0v) is 12.4. The lowest BCUT2D eigenvalue weighted by molar-refractivity contribution is 0.179. The van der Waals surface area contributed by atoms with Crippen LogP contribution in [0.3, 0.4) is 0 Å². The first-order chi connectivity index (χ1) is 9.15. The summed E-state index contributed by atoms with van der Waals surface area (Å²) in [4.78, 5) is 8.52. The van der Waals surface area contributed by atoms with Crippen LogP contribution in [-0.2, 0) is 11.3 Å². The average molecular weight is 285 g/mol. The fourth-order valence-corrected chi connectivity index (χ4v) is 1.63. The summed E-state index contributed by atoms with van der Waals surface area (Å²) in [5.41, 5.74) is 1.01. The van der Waals surface area contributed by atoms with Gasteiger partial charge < -0.3 is 15.4 Å². The van der Waals surface area contributed by atoms with Gasteiger partial charge >= 0.3 is 0 Å². The Hall–Kier alpha value is -1.33. The van der Waals surface area contributed by atoms with Crippen LogP contribution in [0.15, 0.2) is 23.3 Å². The van der Waals surface area contributed by atoms with Crippen molar-refractivity contribution in [1.82, 2.24) is 15.6 Å². The van der Waals surface area contributed by atoms with Gasteiger partial charge in [-0.2, -0.15) is 0 Å². The molecule has 1 heterocycles. The first-order valence-corrected chi connectivity index (χ1v) is 6.67. The highest BCUT2D eigenvalue weighted by Gasteiger charge is 2.04. The van der Waals surface area contributed by atoms with Gasteiger partial charge in [-0.1, -0.05) is 17.7 Å². The largest absolute Gasteiger partial charge is 0.383 e. The summed E-state index contributed by atoms with van der Waals surface area (Å²) in [5.74, 6) is 0.766. The van der Waals surface area contributed by atoms with Gasteiger partial charge in [0.25, 0.3) is 0 Å². The Kier molecular flexibility index (Phi) is 7.22. The third-order valence-electron chi connectivity index (χ3n) is 2.35. The Bertz CT molecular complexity index is 394. The van der Waals surface area contributed by atoms with Crippen molar-refractivity contribution in [2.45, 2.75) is 26.4 Å². The SMILES string of the molecule is CCNC(=NCc1ccc(Cl)nc1)NC(C)COC. The van der Waals surface area contributed by atoms with Crippen LogP contribution in [0.1, 0.15) is 19.4 Å². The van der Waals surface area contributed by atoms with Crippen LogP contribution in [0, 0.1) is 0 Å². The molecule has 0 fully saturated rings. The Morgan fingerprint density at radius 1 is 1.53 bits per heavy atom. The molecule has 1 rings (SSSR count). The predicted octanol–water partition coefficient (Wildman–Crippen LogP) is 1.82. The van der Waals surface area contributed by atoms with E-state index in [2.05, 4.69) is 20.6 Å². The van der Waals surface area contributed by atoms with E-state index in [1.54, 1.807) is 19.4 Å². The van der Waals surface area contributed by atoms with E-state index in [0.29, 0.717) is 18.3 Å². The van der Waals surface area contributed by atoms with Gasteiger partial charge in [-0.25, -0.2) is 9.98 Å². The molecule has 5 nitrogen and oxygen atoms in total. The van der Waals surface area contributed by atoms with Gasteiger partial charge in [-0.3, -0.25) is 0 Å². The van der Waals surface area contributed by atoms with Crippen LogP contribution < -0.4 is 10.6 Å². The molecule has 0 bridgehead atoms. The maximum Gasteiger partial charge on any atom is 0.191 e. The van der Waals surface area contributed by atoms with Crippen molar-refractivity contribution in [1.29, 1.82) is 0 Å². The third-order valence-corrected chi connectivity index (χ3v) is 2.58. The van der Waals surface area contributed by atoms with Crippen molar-refractivity contribution in [3.63, 3.8) is 0 Å². The second-order valence-electron chi connectivity index (χ2n) is 4.19. The molecule has 1 unspecified atom stereocenters. The molecule has 0 aliphatic rings. The molecule has 2 N–H and O–H groups in total. The highest BCUT2D eigenvalue weighted by molar-refractivity contribution is 6.29. The van der Waals surface area contributed by atoms with E-state index in [9.17, 15) is 0 Å². The van der Waals surface area contributed by atoms with Crippen LogP contribution in [0.25, 0.3) is 0 Å². The van der Waals surface area contributed by atoms with Gasteiger partial charge in [0.1, 0.15) is 5.15 Å². The zero-order chi connectivity index (χ0) is 14.1. The van der Waals surface area contributed by atoms with Crippen LogP contribution in [-0.4, -0.2) is 37.2 Å². The number of rotatable bonds is 6. The number of halogens is 1. The molecule has 0 saturated heterocycles. The summed E-state index contributed by atoms with van der Waals surface area (Å²) in [6.45, 7) is 6.07. The number of aromatic nitrogens is 1. The first-order valence-electron chi connectivity index (χ1n) is 6.30. The van der Waals surface area contributed by atoms with E-state index in [-0.39, 0.29) is 6.04 Å². The molecule has 0 radical (unpaired) electrons. The third kappa shape index (κ3) is 6.40. The van der Waals surface area contributed by atoms with Gasteiger partial charge in [-0.15, -0.1) is 0 Å². The molecule has 1 atom stereocenters. The van der Waals surface area contributed by atoms with Crippen molar-refractivity contribution >= 4 is 17.6 Å². The zero-order valence-electron chi connectivity index (χ0n) is 11.6. The van der Waals surface area contributed by atoms with Gasteiger partial charge in [0, 0.05) is 25.9 Å². The van der Waals surface area contributed by atoms with Crippen molar-refractivity contribution in [2.24, 2.45) is 4.99 Å². The second-order valence-corrected chi connectivity index (χ2v) is 4.57. The Morgan fingerprint density at radius 3 is 2.89 bits per heavy atom. The molecule has 0 aliphatic heterocycles. The van der Waals surface area contributed by atoms with Gasteiger partial charge in [-0.05, 0) is 25.5 Å². The minimum Gasteiger partial charge on any atom is -0.383 e. The van der Waals surface area contributed by atoms with Crippen LogP contribution in [0.5, 0.6) is 0 Å². The van der Waals surface area contributed by atoms with E-state index < -0.39 is 0 Å². The lowest BCUT2D eigenvalue weighted by Gasteiger charge is -2.16. The number of ether oxygens (including phenoxy) is 1. The summed E-state index contributed by atoms with van der Waals surface area (Å²) in [6.07, 6.45) is 1.73. The Balaban J connectivity index is 2.59. The smallest absolute Gasteiger partial charge is 0.191 e. The number of hydrogen-bond acceptors (Lipinski definition) is 3. The Labute approximate surface area is 119 Å². The standard InChI is InChI=1S/C13H21ClN4O/c1-4-15-13(18-10(2)9-19-3)17-8-11-5-6-12(14)16-7-11/h5-7,10H,4,8-9H2,1-3H3,(H2,15,17,18). The number of aliphatic imine (C=N–C) groups is 1. The molecule has 0 spiro atoms. The second kappa shape index (κ2) is 8.72. The minimum atomic E-state index is 0.200. The summed E-state index contributed by atoms with van der Waals surface area (Å²) < 4.78 is 5.09. The van der Waals surface area contributed by atoms with Gasteiger partial charge in [0.05, 0.1) is 13.2 Å². The molecule has 19 heavy (non-hydrogen) atoms. The lowest BCUT2D eigenvalue weighted by atomic mass is 10.3.